The number of hydrogen-bond acceptors (Lipinski definition) is 2. The van der Waals surface area contributed by atoms with Gasteiger partial charge in [0.15, 0.2) is 0 Å². The van der Waals surface area contributed by atoms with Gasteiger partial charge in [-0.15, -0.1) is 0 Å². The largest absolute Gasteiger partial charge is 0.310 e. The zero-order valence-corrected chi connectivity index (χ0v) is 24.9. The molecule has 0 bridgehead atoms. The third-order valence-electron chi connectivity index (χ3n) is 9.17. The maximum atomic E-state index is 9.85. The minimum Gasteiger partial charge on any atom is -0.310 e. The molecule has 0 N–H and O–H groups in total. The van der Waals surface area contributed by atoms with Crippen LogP contribution in [0.25, 0.3) is 60.2 Å². The molecule has 0 radical (unpaired) electrons. The van der Waals surface area contributed by atoms with Crippen molar-refractivity contribution in [2.45, 2.75) is 0 Å². The van der Waals surface area contributed by atoms with E-state index < -0.39 is 0 Å². The first-order valence-electron chi connectivity index (χ1n) is 15.5. The highest BCUT2D eigenvalue weighted by Crippen LogP contribution is 2.42. The van der Waals surface area contributed by atoms with E-state index in [1.165, 1.54) is 32.7 Å². The van der Waals surface area contributed by atoms with E-state index in [4.69, 9.17) is 0 Å². The van der Waals surface area contributed by atoms with Crippen molar-refractivity contribution in [1.82, 2.24) is 4.57 Å². The average molecular weight is 586 g/mol. The molecule has 0 aliphatic rings. The number of aromatic nitrogens is 1. The normalized spacial score (nSPS) is 11.5. The molecule has 1 aromatic heterocycles. The molecule has 0 saturated heterocycles. The van der Waals surface area contributed by atoms with Crippen molar-refractivity contribution in [1.29, 1.82) is 5.26 Å². The topological polar surface area (TPSA) is 32.0 Å². The first-order chi connectivity index (χ1) is 22.8. The van der Waals surface area contributed by atoms with E-state index in [9.17, 15) is 5.26 Å². The summed E-state index contributed by atoms with van der Waals surface area (Å²) in [5, 5.41) is 16.8. The highest BCUT2D eigenvalue weighted by atomic mass is 15.1. The van der Waals surface area contributed by atoms with Crippen LogP contribution in [-0.2, 0) is 0 Å². The van der Waals surface area contributed by atoms with Gasteiger partial charge in [0.05, 0.1) is 28.4 Å². The fraction of sp³-hybridized carbons (Fsp3) is 0. The van der Waals surface area contributed by atoms with Crippen molar-refractivity contribution in [3.05, 3.63) is 169 Å². The minimum atomic E-state index is 0.705. The molecule has 9 aromatic rings. The van der Waals surface area contributed by atoms with Gasteiger partial charge in [-0.25, -0.2) is 0 Å². The third-order valence-corrected chi connectivity index (χ3v) is 9.17. The summed E-state index contributed by atoms with van der Waals surface area (Å²) in [6.07, 6.45) is 0. The number of benzene rings is 8. The lowest BCUT2D eigenvalue weighted by atomic mass is 9.99. The molecule has 0 amide bonds. The van der Waals surface area contributed by atoms with Crippen LogP contribution in [0.4, 0.5) is 17.1 Å². The second kappa shape index (κ2) is 10.4. The molecule has 0 unspecified atom stereocenters. The smallest absolute Gasteiger partial charge is 0.0998 e. The van der Waals surface area contributed by atoms with Crippen LogP contribution < -0.4 is 4.90 Å². The maximum Gasteiger partial charge on any atom is 0.0998 e. The molecule has 9 rings (SSSR count). The Morgan fingerprint density at radius 2 is 1.20 bits per heavy atom. The Bertz CT molecular complexity index is 2580. The fourth-order valence-electron chi connectivity index (χ4n) is 7.10. The molecular formula is C43H27N3. The Kier molecular flexibility index (Phi) is 5.88. The predicted octanol–water partition coefficient (Wildman–Crippen LogP) is 11.5. The Morgan fingerprint density at radius 1 is 0.478 bits per heavy atom. The lowest BCUT2D eigenvalue weighted by Gasteiger charge is -2.27. The highest BCUT2D eigenvalue weighted by Gasteiger charge is 2.20. The summed E-state index contributed by atoms with van der Waals surface area (Å²) in [7, 11) is 0. The second-order valence-corrected chi connectivity index (χ2v) is 11.7. The van der Waals surface area contributed by atoms with Crippen LogP contribution in [-0.4, -0.2) is 4.57 Å². The Hall–Kier alpha value is -6.37. The summed E-state index contributed by atoms with van der Waals surface area (Å²) in [6, 6.07) is 60.4. The lowest BCUT2D eigenvalue weighted by Crippen LogP contribution is -2.10. The standard InChI is InChI=1S/C43H27N3/c44-28-33-20-26-41-43-38(33)25-19-31-13-8-18-40(42(31)43)46(41)35-23-21-34(22-24-35)45(39-17-7-12-30-11-4-5-16-37(30)39)36-15-6-14-32(27-36)29-9-2-1-3-10-29/h1-27H. The minimum absolute atomic E-state index is 0.705. The summed E-state index contributed by atoms with van der Waals surface area (Å²) >= 11 is 0. The molecule has 3 nitrogen and oxygen atoms in total. The van der Waals surface area contributed by atoms with Gasteiger partial charge in [-0.1, -0.05) is 103 Å². The summed E-state index contributed by atoms with van der Waals surface area (Å²) < 4.78 is 2.33. The summed E-state index contributed by atoms with van der Waals surface area (Å²) in [6.45, 7) is 0. The van der Waals surface area contributed by atoms with Gasteiger partial charge in [-0.05, 0) is 82.6 Å². The van der Waals surface area contributed by atoms with Gasteiger partial charge in [-0.3, -0.25) is 0 Å². The fourth-order valence-corrected chi connectivity index (χ4v) is 7.10. The van der Waals surface area contributed by atoms with Crippen molar-refractivity contribution in [3.63, 3.8) is 0 Å². The van der Waals surface area contributed by atoms with E-state index in [1.807, 2.05) is 6.07 Å². The van der Waals surface area contributed by atoms with Gasteiger partial charge in [-0.2, -0.15) is 5.26 Å². The molecule has 8 aromatic carbocycles. The maximum absolute atomic E-state index is 9.85. The van der Waals surface area contributed by atoms with Crippen LogP contribution in [0.1, 0.15) is 5.56 Å². The van der Waals surface area contributed by atoms with Gasteiger partial charge in [0.1, 0.15) is 0 Å². The molecule has 0 spiro atoms. The molecule has 0 aliphatic carbocycles. The van der Waals surface area contributed by atoms with Crippen molar-refractivity contribution < 1.29 is 0 Å². The van der Waals surface area contributed by atoms with Crippen LogP contribution in [0, 0.1) is 11.3 Å². The molecule has 214 valence electrons. The molecule has 1 heterocycles. The first-order valence-corrected chi connectivity index (χ1v) is 15.5. The van der Waals surface area contributed by atoms with Crippen LogP contribution in [0.2, 0.25) is 0 Å². The van der Waals surface area contributed by atoms with E-state index >= 15 is 0 Å². The van der Waals surface area contributed by atoms with Crippen LogP contribution >= 0.6 is 0 Å². The van der Waals surface area contributed by atoms with Crippen molar-refractivity contribution in [2.75, 3.05) is 4.90 Å². The molecule has 46 heavy (non-hydrogen) atoms. The average Bonchev–Trinajstić information content (AvgIpc) is 3.47. The van der Waals surface area contributed by atoms with Crippen molar-refractivity contribution in [2.24, 2.45) is 0 Å². The SMILES string of the molecule is N#Cc1ccc2c3c1ccc1cccc(c13)n2-c1ccc(N(c2cccc(-c3ccccc3)c2)c2cccc3ccccc23)cc1. The number of hydrogen-bond donors (Lipinski definition) is 0. The molecule has 0 aliphatic heterocycles. The zero-order chi connectivity index (χ0) is 30.6. The highest BCUT2D eigenvalue weighted by molar-refractivity contribution is 6.25. The first kappa shape index (κ1) is 26.1. The number of nitriles is 1. The second-order valence-electron chi connectivity index (χ2n) is 11.7. The molecule has 0 atom stereocenters. The lowest BCUT2D eigenvalue weighted by molar-refractivity contribution is 1.17. The summed E-state index contributed by atoms with van der Waals surface area (Å²) in [5.41, 5.74) is 9.69. The van der Waals surface area contributed by atoms with E-state index in [0.717, 1.165) is 44.6 Å². The third kappa shape index (κ3) is 3.98. The molecular weight excluding hydrogens is 558 g/mol. The molecule has 3 heteroatoms. The van der Waals surface area contributed by atoms with E-state index in [1.54, 1.807) is 0 Å². The predicted molar refractivity (Wildman–Crippen MR) is 192 cm³/mol. The van der Waals surface area contributed by atoms with Gasteiger partial charge in [0.2, 0.25) is 0 Å². The summed E-state index contributed by atoms with van der Waals surface area (Å²) in [4.78, 5) is 2.36. The van der Waals surface area contributed by atoms with E-state index in [-0.39, 0.29) is 0 Å². The number of nitrogens with zero attached hydrogens (tertiary/aromatic N) is 3. The number of fused-ring (bicyclic) bond motifs is 1. The van der Waals surface area contributed by atoms with Gasteiger partial charge < -0.3 is 9.47 Å². The van der Waals surface area contributed by atoms with Crippen LogP contribution in [0.5, 0.6) is 0 Å². The Labute approximate surface area is 266 Å². The van der Waals surface area contributed by atoms with Crippen LogP contribution in [0.15, 0.2) is 164 Å². The van der Waals surface area contributed by atoms with Gasteiger partial charge >= 0.3 is 0 Å². The van der Waals surface area contributed by atoms with E-state index in [0.29, 0.717) is 5.56 Å². The van der Waals surface area contributed by atoms with Crippen LogP contribution in [0.3, 0.4) is 0 Å². The molecule has 0 saturated carbocycles. The molecule has 0 fully saturated rings. The van der Waals surface area contributed by atoms with Crippen molar-refractivity contribution >= 4 is 60.4 Å². The van der Waals surface area contributed by atoms with E-state index in [2.05, 4.69) is 173 Å². The van der Waals surface area contributed by atoms with Crippen molar-refractivity contribution in [3.8, 4) is 22.9 Å². The number of anilines is 3. The Morgan fingerprint density at radius 3 is 2.07 bits per heavy atom. The Balaban J connectivity index is 1.24. The van der Waals surface area contributed by atoms with Gasteiger partial charge in [0, 0.05) is 38.6 Å². The quantitative estimate of drug-likeness (QED) is 0.188. The number of rotatable bonds is 5. The van der Waals surface area contributed by atoms with Gasteiger partial charge in [0.25, 0.3) is 0 Å². The zero-order valence-electron chi connectivity index (χ0n) is 24.9. The summed E-state index contributed by atoms with van der Waals surface area (Å²) in [5.74, 6) is 0. The monoisotopic (exact) mass is 585 g/mol.